The van der Waals surface area contributed by atoms with Gasteiger partial charge in [-0.05, 0) is 25.8 Å². The SMILES string of the molecule is NCCCC(=O)NC1CCCC1. The highest BCUT2D eigenvalue weighted by molar-refractivity contribution is 5.76. The van der Waals surface area contributed by atoms with Gasteiger partial charge in [0.2, 0.25) is 5.91 Å². The second-order valence-electron chi connectivity index (χ2n) is 3.44. The van der Waals surface area contributed by atoms with Crippen molar-refractivity contribution in [1.29, 1.82) is 0 Å². The van der Waals surface area contributed by atoms with Crippen LogP contribution in [0.15, 0.2) is 0 Å². The fraction of sp³-hybridized carbons (Fsp3) is 0.889. The van der Waals surface area contributed by atoms with Crippen LogP contribution in [0.5, 0.6) is 0 Å². The molecule has 1 fully saturated rings. The second-order valence-corrected chi connectivity index (χ2v) is 3.44. The fourth-order valence-corrected chi connectivity index (χ4v) is 1.63. The molecule has 1 amide bonds. The Morgan fingerprint density at radius 3 is 2.67 bits per heavy atom. The molecule has 0 aromatic carbocycles. The first-order valence-electron chi connectivity index (χ1n) is 4.82. The second kappa shape index (κ2) is 5.14. The Morgan fingerprint density at radius 2 is 2.08 bits per heavy atom. The summed E-state index contributed by atoms with van der Waals surface area (Å²) in [6.45, 7) is 0.609. The van der Waals surface area contributed by atoms with Gasteiger partial charge in [-0.3, -0.25) is 4.79 Å². The Morgan fingerprint density at radius 1 is 1.42 bits per heavy atom. The largest absolute Gasteiger partial charge is 0.353 e. The maximum Gasteiger partial charge on any atom is 0.220 e. The van der Waals surface area contributed by atoms with Gasteiger partial charge < -0.3 is 11.1 Å². The Hall–Kier alpha value is -0.570. The lowest BCUT2D eigenvalue weighted by molar-refractivity contribution is -0.121. The minimum absolute atomic E-state index is 0.173. The minimum atomic E-state index is 0.173. The van der Waals surface area contributed by atoms with Crippen molar-refractivity contribution >= 4 is 5.91 Å². The number of hydrogen-bond acceptors (Lipinski definition) is 2. The van der Waals surface area contributed by atoms with Crippen LogP contribution < -0.4 is 11.1 Å². The van der Waals surface area contributed by atoms with Crippen molar-refractivity contribution in [3.8, 4) is 0 Å². The number of carbonyl (C=O) groups is 1. The van der Waals surface area contributed by atoms with Crippen molar-refractivity contribution in [2.24, 2.45) is 5.73 Å². The molecule has 0 unspecified atom stereocenters. The molecular formula is C9H18N2O. The Bertz CT molecular complexity index is 141. The molecule has 3 nitrogen and oxygen atoms in total. The summed E-state index contributed by atoms with van der Waals surface area (Å²) in [6.07, 6.45) is 6.25. The van der Waals surface area contributed by atoms with Gasteiger partial charge in [0, 0.05) is 12.5 Å². The molecule has 0 atom stereocenters. The number of nitrogens with one attached hydrogen (secondary N) is 1. The van der Waals surface area contributed by atoms with Crippen LogP contribution in [0.2, 0.25) is 0 Å². The number of nitrogens with two attached hydrogens (primary N) is 1. The number of amides is 1. The van der Waals surface area contributed by atoms with Gasteiger partial charge in [0.15, 0.2) is 0 Å². The maximum atomic E-state index is 11.2. The van der Waals surface area contributed by atoms with Gasteiger partial charge in [-0.2, -0.15) is 0 Å². The molecule has 0 radical (unpaired) electrons. The zero-order valence-electron chi connectivity index (χ0n) is 7.51. The van der Waals surface area contributed by atoms with Crippen molar-refractivity contribution < 1.29 is 4.79 Å². The topological polar surface area (TPSA) is 55.1 Å². The van der Waals surface area contributed by atoms with Crippen LogP contribution in [-0.2, 0) is 4.79 Å². The number of rotatable bonds is 4. The normalized spacial score (nSPS) is 18.1. The molecular weight excluding hydrogens is 152 g/mol. The monoisotopic (exact) mass is 170 g/mol. The van der Waals surface area contributed by atoms with Gasteiger partial charge >= 0.3 is 0 Å². The minimum Gasteiger partial charge on any atom is -0.353 e. The van der Waals surface area contributed by atoms with Crippen LogP contribution in [0.3, 0.4) is 0 Å². The van der Waals surface area contributed by atoms with E-state index in [9.17, 15) is 4.79 Å². The van der Waals surface area contributed by atoms with Crippen molar-refractivity contribution in [3.05, 3.63) is 0 Å². The van der Waals surface area contributed by atoms with E-state index < -0.39 is 0 Å². The van der Waals surface area contributed by atoms with Crippen LogP contribution in [0.25, 0.3) is 0 Å². The van der Waals surface area contributed by atoms with E-state index in [-0.39, 0.29) is 5.91 Å². The van der Waals surface area contributed by atoms with Crippen molar-refractivity contribution in [2.45, 2.75) is 44.6 Å². The predicted octanol–water partition coefficient (Wildman–Crippen LogP) is 0.784. The molecule has 1 rings (SSSR count). The van der Waals surface area contributed by atoms with Crippen LogP contribution in [-0.4, -0.2) is 18.5 Å². The summed E-state index contributed by atoms with van der Waals surface area (Å²) >= 11 is 0. The zero-order chi connectivity index (χ0) is 8.81. The van der Waals surface area contributed by atoms with E-state index in [1.54, 1.807) is 0 Å². The van der Waals surface area contributed by atoms with Crippen LogP contribution in [0, 0.1) is 0 Å². The molecule has 1 aliphatic rings. The van der Waals surface area contributed by atoms with E-state index >= 15 is 0 Å². The highest BCUT2D eigenvalue weighted by Gasteiger charge is 2.16. The van der Waals surface area contributed by atoms with Crippen LogP contribution in [0.1, 0.15) is 38.5 Å². The van der Waals surface area contributed by atoms with Gasteiger partial charge in [-0.1, -0.05) is 12.8 Å². The average Bonchev–Trinajstić information content (AvgIpc) is 2.53. The molecule has 0 saturated heterocycles. The lowest BCUT2D eigenvalue weighted by Gasteiger charge is -2.10. The van der Waals surface area contributed by atoms with E-state index in [0.29, 0.717) is 19.0 Å². The Balaban J connectivity index is 2.08. The van der Waals surface area contributed by atoms with E-state index in [0.717, 1.165) is 19.3 Å². The summed E-state index contributed by atoms with van der Waals surface area (Å²) in [4.78, 5) is 11.2. The molecule has 0 aromatic rings. The number of hydrogen-bond donors (Lipinski definition) is 2. The molecule has 0 aromatic heterocycles. The predicted molar refractivity (Wildman–Crippen MR) is 48.7 cm³/mol. The lowest BCUT2D eigenvalue weighted by atomic mass is 10.2. The molecule has 0 aliphatic heterocycles. The first-order valence-corrected chi connectivity index (χ1v) is 4.82. The quantitative estimate of drug-likeness (QED) is 0.655. The number of carbonyl (C=O) groups excluding carboxylic acids is 1. The highest BCUT2D eigenvalue weighted by Crippen LogP contribution is 2.17. The third-order valence-electron chi connectivity index (χ3n) is 2.33. The molecule has 12 heavy (non-hydrogen) atoms. The van der Waals surface area contributed by atoms with E-state index in [1.165, 1.54) is 12.8 Å². The third kappa shape index (κ3) is 3.22. The van der Waals surface area contributed by atoms with Gasteiger partial charge in [0.05, 0.1) is 0 Å². The van der Waals surface area contributed by atoms with Gasteiger partial charge in [-0.25, -0.2) is 0 Å². The highest BCUT2D eigenvalue weighted by atomic mass is 16.1. The molecule has 1 saturated carbocycles. The fourth-order valence-electron chi connectivity index (χ4n) is 1.63. The lowest BCUT2D eigenvalue weighted by Crippen LogP contribution is -2.32. The van der Waals surface area contributed by atoms with Gasteiger partial charge in [0.1, 0.15) is 0 Å². The smallest absolute Gasteiger partial charge is 0.220 e. The summed E-state index contributed by atoms with van der Waals surface area (Å²) in [5.74, 6) is 0.173. The zero-order valence-corrected chi connectivity index (χ0v) is 7.51. The summed E-state index contributed by atoms with van der Waals surface area (Å²) in [6, 6.07) is 0.454. The van der Waals surface area contributed by atoms with Gasteiger partial charge in [-0.15, -0.1) is 0 Å². The Kier molecular flexibility index (Phi) is 4.08. The molecule has 0 bridgehead atoms. The molecule has 0 heterocycles. The third-order valence-corrected chi connectivity index (χ3v) is 2.33. The van der Waals surface area contributed by atoms with Crippen molar-refractivity contribution in [3.63, 3.8) is 0 Å². The van der Waals surface area contributed by atoms with Crippen molar-refractivity contribution in [2.75, 3.05) is 6.54 Å². The summed E-state index contributed by atoms with van der Waals surface area (Å²) in [7, 11) is 0. The summed E-state index contributed by atoms with van der Waals surface area (Å²) in [5, 5.41) is 3.02. The van der Waals surface area contributed by atoms with E-state index in [1.807, 2.05) is 0 Å². The molecule has 3 heteroatoms. The average molecular weight is 170 g/mol. The molecule has 0 spiro atoms. The maximum absolute atomic E-state index is 11.2. The molecule has 3 N–H and O–H groups in total. The first-order chi connectivity index (χ1) is 5.83. The van der Waals surface area contributed by atoms with Crippen LogP contribution >= 0.6 is 0 Å². The van der Waals surface area contributed by atoms with Crippen molar-refractivity contribution in [1.82, 2.24) is 5.32 Å². The van der Waals surface area contributed by atoms with Gasteiger partial charge in [0.25, 0.3) is 0 Å². The van der Waals surface area contributed by atoms with Crippen LogP contribution in [0.4, 0.5) is 0 Å². The molecule has 70 valence electrons. The van der Waals surface area contributed by atoms with E-state index in [4.69, 9.17) is 5.73 Å². The summed E-state index contributed by atoms with van der Waals surface area (Å²) in [5.41, 5.74) is 5.30. The first kappa shape index (κ1) is 9.52. The Labute approximate surface area is 73.7 Å². The van der Waals surface area contributed by atoms with E-state index in [2.05, 4.69) is 5.32 Å². The summed E-state index contributed by atoms with van der Waals surface area (Å²) < 4.78 is 0. The molecule has 1 aliphatic carbocycles. The standard InChI is InChI=1S/C9H18N2O/c10-7-3-6-9(12)11-8-4-1-2-5-8/h8H,1-7,10H2,(H,11,12).